The van der Waals surface area contributed by atoms with E-state index in [1.165, 1.54) is 0 Å². The van der Waals surface area contributed by atoms with Crippen molar-refractivity contribution in [3.63, 3.8) is 0 Å². The topological polar surface area (TPSA) is 138 Å². The normalized spacial score (nSPS) is 10.4. The third-order valence-corrected chi connectivity index (χ3v) is 0.843. The van der Waals surface area contributed by atoms with Crippen LogP contribution < -0.4 is 0 Å². The first kappa shape index (κ1) is 11.6. The Kier molecular flexibility index (Phi) is 3.82. The summed E-state index contributed by atoms with van der Waals surface area (Å²) in [5.74, 6) is -8.71. The van der Waals surface area contributed by atoms with Gasteiger partial charge in [-0.05, 0) is 0 Å². The van der Waals surface area contributed by atoms with Gasteiger partial charge in [0, 0.05) is 0 Å². The van der Waals surface area contributed by atoms with Gasteiger partial charge in [0.25, 0.3) is 0 Å². The van der Waals surface area contributed by atoms with Crippen LogP contribution >= 0.6 is 0 Å². The fourth-order valence-corrected chi connectivity index (χ4v) is 0.391. The van der Waals surface area contributed by atoms with Gasteiger partial charge in [0.05, 0.1) is 6.08 Å². The molecule has 0 spiro atoms. The van der Waals surface area contributed by atoms with Crippen LogP contribution in [-0.4, -0.2) is 39.2 Å². The van der Waals surface area contributed by atoms with Crippen molar-refractivity contribution in [2.45, 2.75) is 0 Å². The number of aliphatic carboxylic acids is 3. The summed E-state index contributed by atoms with van der Waals surface area (Å²) >= 11 is 0. The van der Waals surface area contributed by atoms with E-state index >= 15 is 0 Å². The molecule has 8 nitrogen and oxygen atoms in total. The lowest BCUT2D eigenvalue weighted by Gasteiger charge is -1.99. The van der Waals surface area contributed by atoms with E-state index in [0.717, 1.165) is 0 Å². The van der Waals surface area contributed by atoms with Crippen LogP contribution in [0, 0.1) is 0 Å². The van der Waals surface area contributed by atoms with Crippen molar-refractivity contribution in [3.05, 3.63) is 11.8 Å². The Bertz CT molecular complexity index is 325. The highest BCUT2D eigenvalue weighted by atomic mass is 16.6. The monoisotopic (exact) mass is 204 g/mol. The molecule has 0 rings (SSSR count). The number of esters is 1. The van der Waals surface area contributed by atoms with Gasteiger partial charge in [-0.15, -0.1) is 0 Å². The Morgan fingerprint density at radius 3 is 1.71 bits per heavy atom. The molecule has 0 bridgehead atoms. The van der Waals surface area contributed by atoms with Crippen molar-refractivity contribution in [1.29, 1.82) is 0 Å². The van der Waals surface area contributed by atoms with E-state index in [2.05, 4.69) is 4.74 Å². The van der Waals surface area contributed by atoms with Crippen LogP contribution in [0.2, 0.25) is 0 Å². The number of carbonyl (C=O) groups is 4. The number of carbonyl (C=O) groups excluding carboxylic acids is 1. The Balaban J connectivity index is 4.72. The SMILES string of the molecule is O=C(O)C=C(OC(=O)C(=O)O)C(=O)O. The molecule has 0 amide bonds. The maximum absolute atomic E-state index is 10.3. The van der Waals surface area contributed by atoms with Crippen molar-refractivity contribution in [2.75, 3.05) is 0 Å². The van der Waals surface area contributed by atoms with E-state index in [1.54, 1.807) is 0 Å². The highest BCUT2D eigenvalue weighted by Crippen LogP contribution is 1.98. The maximum Gasteiger partial charge on any atom is 0.422 e. The fraction of sp³-hybridized carbons (Fsp3) is 0. The average molecular weight is 204 g/mol. The number of carboxylic acid groups (broad SMARTS) is 3. The van der Waals surface area contributed by atoms with Gasteiger partial charge in [-0.1, -0.05) is 0 Å². The molecule has 76 valence electrons. The minimum absolute atomic E-state index is 0.0587. The first-order valence-corrected chi connectivity index (χ1v) is 2.97. The minimum atomic E-state index is -2.03. The second-order valence-corrected chi connectivity index (χ2v) is 1.85. The molecule has 0 aliphatic rings. The number of carboxylic acids is 3. The molecule has 0 aromatic heterocycles. The van der Waals surface area contributed by atoms with Crippen LogP contribution in [0.1, 0.15) is 0 Å². The molecule has 14 heavy (non-hydrogen) atoms. The predicted octanol–water partition coefficient (Wildman–Crippen LogP) is -1.33. The van der Waals surface area contributed by atoms with Gasteiger partial charge < -0.3 is 20.1 Å². The van der Waals surface area contributed by atoms with Gasteiger partial charge in [-0.3, -0.25) is 0 Å². The van der Waals surface area contributed by atoms with Gasteiger partial charge in [-0.25, -0.2) is 19.2 Å². The number of rotatable bonds is 3. The molecule has 0 aliphatic carbocycles. The van der Waals surface area contributed by atoms with Crippen molar-refractivity contribution >= 4 is 23.9 Å². The summed E-state index contributed by atoms with van der Waals surface area (Å²) in [6.45, 7) is 0. The van der Waals surface area contributed by atoms with Crippen LogP contribution in [0.15, 0.2) is 11.8 Å². The van der Waals surface area contributed by atoms with Crippen molar-refractivity contribution < 1.29 is 39.2 Å². The highest BCUT2D eigenvalue weighted by molar-refractivity contribution is 6.29. The summed E-state index contributed by atoms with van der Waals surface area (Å²) in [6, 6.07) is 0. The van der Waals surface area contributed by atoms with Gasteiger partial charge in [-0.2, -0.15) is 0 Å². The third kappa shape index (κ3) is 3.85. The van der Waals surface area contributed by atoms with E-state index < -0.39 is 29.6 Å². The molecule has 8 heteroatoms. The Morgan fingerprint density at radius 1 is 0.929 bits per heavy atom. The van der Waals surface area contributed by atoms with Gasteiger partial charge >= 0.3 is 23.9 Å². The first-order chi connectivity index (χ1) is 6.34. The average Bonchev–Trinajstić information content (AvgIpc) is 2.01. The first-order valence-electron chi connectivity index (χ1n) is 2.97. The molecule has 0 saturated carbocycles. The maximum atomic E-state index is 10.3. The summed E-state index contributed by atoms with van der Waals surface area (Å²) in [4.78, 5) is 40.4. The fourth-order valence-electron chi connectivity index (χ4n) is 0.391. The molecule has 0 unspecified atom stereocenters. The van der Waals surface area contributed by atoms with Crippen molar-refractivity contribution in [2.24, 2.45) is 0 Å². The molecule has 0 atom stereocenters. The van der Waals surface area contributed by atoms with E-state index in [4.69, 9.17) is 15.3 Å². The third-order valence-electron chi connectivity index (χ3n) is 0.843. The van der Waals surface area contributed by atoms with Crippen LogP contribution in [0.4, 0.5) is 0 Å². The van der Waals surface area contributed by atoms with Crippen molar-refractivity contribution in [1.82, 2.24) is 0 Å². The molecular weight excluding hydrogens is 200 g/mol. The van der Waals surface area contributed by atoms with E-state index in [-0.39, 0.29) is 6.08 Å². The molecule has 0 aromatic carbocycles. The molecule has 0 aromatic rings. The number of ether oxygens (including phenoxy) is 1. The zero-order chi connectivity index (χ0) is 11.3. The summed E-state index contributed by atoms with van der Waals surface area (Å²) in [5.41, 5.74) is 0. The van der Waals surface area contributed by atoms with Gasteiger partial charge in [0.15, 0.2) is 0 Å². The lowest BCUT2D eigenvalue weighted by atomic mass is 10.4. The van der Waals surface area contributed by atoms with E-state index in [1.807, 2.05) is 0 Å². The zero-order valence-electron chi connectivity index (χ0n) is 6.46. The minimum Gasteiger partial charge on any atom is -0.478 e. The Hall–Kier alpha value is -2.38. The molecule has 3 N–H and O–H groups in total. The lowest BCUT2D eigenvalue weighted by Crippen LogP contribution is -2.19. The highest BCUT2D eigenvalue weighted by Gasteiger charge is 2.20. The largest absolute Gasteiger partial charge is 0.478 e. The standard InChI is InChI=1S/C6H4O8/c7-3(8)1-2(4(9)10)14-6(13)5(11)12/h1H,(H,7,8)(H,9,10)(H,11,12). The zero-order valence-corrected chi connectivity index (χ0v) is 6.46. The Morgan fingerprint density at radius 2 is 1.43 bits per heavy atom. The molecule has 0 aliphatic heterocycles. The second kappa shape index (κ2) is 4.60. The summed E-state index contributed by atoms with van der Waals surface area (Å²) < 4.78 is 3.73. The van der Waals surface area contributed by atoms with Crippen LogP contribution in [0.25, 0.3) is 0 Å². The summed E-state index contributed by atoms with van der Waals surface area (Å²) in [5, 5.41) is 24.4. The quantitative estimate of drug-likeness (QED) is 0.222. The number of hydrogen-bond acceptors (Lipinski definition) is 5. The molecular formula is C6H4O8. The number of hydrogen-bond donors (Lipinski definition) is 3. The van der Waals surface area contributed by atoms with Crippen LogP contribution in [-0.2, 0) is 23.9 Å². The summed E-state index contributed by atoms with van der Waals surface area (Å²) in [7, 11) is 0. The second-order valence-electron chi connectivity index (χ2n) is 1.85. The van der Waals surface area contributed by atoms with E-state index in [0.29, 0.717) is 0 Å². The smallest absolute Gasteiger partial charge is 0.422 e. The Labute approximate surface area is 76.0 Å². The molecule has 0 saturated heterocycles. The predicted molar refractivity (Wildman–Crippen MR) is 37.1 cm³/mol. The van der Waals surface area contributed by atoms with Crippen molar-refractivity contribution in [3.8, 4) is 0 Å². The van der Waals surface area contributed by atoms with Gasteiger partial charge in [0.2, 0.25) is 5.76 Å². The molecule has 0 fully saturated rings. The molecule has 0 radical (unpaired) electrons. The van der Waals surface area contributed by atoms with Crippen LogP contribution in [0.5, 0.6) is 0 Å². The van der Waals surface area contributed by atoms with Crippen LogP contribution in [0.3, 0.4) is 0 Å². The summed E-state index contributed by atoms with van der Waals surface area (Å²) in [6.07, 6.45) is 0.0587. The van der Waals surface area contributed by atoms with E-state index in [9.17, 15) is 19.2 Å². The lowest BCUT2D eigenvalue weighted by molar-refractivity contribution is -0.163. The molecule has 0 heterocycles. The van der Waals surface area contributed by atoms with Gasteiger partial charge in [0.1, 0.15) is 0 Å².